The van der Waals surface area contributed by atoms with Crippen molar-refractivity contribution in [2.24, 2.45) is 17.8 Å². The molecule has 1 aliphatic carbocycles. The number of amides is 2. The fourth-order valence-corrected chi connectivity index (χ4v) is 3.71. The third kappa shape index (κ3) is 4.45. The van der Waals surface area contributed by atoms with Crippen LogP contribution < -0.4 is 5.32 Å². The van der Waals surface area contributed by atoms with Gasteiger partial charge in [0.1, 0.15) is 0 Å². The van der Waals surface area contributed by atoms with Gasteiger partial charge in [-0.25, -0.2) is 0 Å². The first kappa shape index (κ1) is 16.3. The summed E-state index contributed by atoms with van der Waals surface area (Å²) in [6.45, 7) is 7.66. The molecule has 21 heavy (non-hydrogen) atoms. The average molecular weight is 294 g/mol. The molecule has 2 fully saturated rings. The van der Waals surface area contributed by atoms with Crippen LogP contribution in [0.4, 0.5) is 0 Å². The molecule has 0 aromatic rings. The number of hydrogen-bond acceptors (Lipinski definition) is 2. The van der Waals surface area contributed by atoms with Crippen molar-refractivity contribution >= 4 is 11.8 Å². The average Bonchev–Trinajstić information content (AvgIpc) is 2.47. The van der Waals surface area contributed by atoms with Crippen LogP contribution in [-0.2, 0) is 9.59 Å². The summed E-state index contributed by atoms with van der Waals surface area (Å²) in [6.07, 6.45) is 6.36. The smallest absolute Gasteiger partial charge is 0.223 e. The van der Waals surface area contributed by atoms with Crippen LogP contribution >= 0.6 is 0 Å². The first-order valence-corrected chi connectivity index (χ1v) is 8.53. The molecule has 0 spiro atoms. The lowest BCUT2D eigenvalue weighted by molar-refractivity contribution is -0.134. The van der Waals surface area contributed by atoms with Crippen molar-refractivity contribution in [3.63, 3.8) is 0 Å². The summed E-state index contributed by atoms with van der Waals surface area (Å²) in [5, 5.41) is 3.25. The minimum Gasteiger partial charge on any atom is -0.353 e. The van der Waals surface area contributed by atoms with Gasteiger partial charge in [0.2, 0.25) is 11.8 Å². The van der Waals surface area contributed by atoms with Crippen molar-refractivity contribution in [2.45, 2.75) is 65.3 Å². The highest BCUT2D eigenvalue weighted by Crippen LogP contribution is 2.30. The summed E-state index contributed by atoms with van der Waals surface area (Å²) in [5.74, 6) is 2.03. The van der Waals surface area contributed by atoms with Gasteiger partial charge >= 0.3 is 0 Å². The van der Waals surface area contributed by atoms with Crippen LogP contribution in [0.5, 0.6) is 0 Å². The summed E-state index contributed by atoms with van der Waals surface area (Å²) in [5.41, 5.74) is 0. The SMILES string of the molecule is CC(=O)N1CCC(C(=O)N[C@H]2CC[C@H](C(C)C)CC2)CC1. The minimum atomic E-state index is 0.100. The highest BCUT2D eigenvalue weighted by atomic mass is 16.2. The van der Waals surface area contributed by atoms with Crippen LogP contribution in [0.1, 0.15) is 59.3 Å². The molecule has 120 valence electrons. The van der Waals surface area contributed by atoms with E-state index >= 15 is 0 Å². The molecule has 4 heteroatoms. The normalized spacial score (nSPS) is 27.7. The van der Waals surface area contributed by atoms with E-state index < -0.39 is 0 Å². The Morgan fingerprint density at radius 1 is 1.00 bits per heavy atom. The first-order chi connectivity index (χ1) is 9.97. The molecule has 0 unspecified atom stereocenters. The fourth-order valence-electron chi connectivity index (χ4n) is 3.71. The number of carbonyl (C=O) groups excluding carboxylic acids is 2. The molecule has 0 bridgehead atoms. The Bertz CT molecular complexity index is 365. The zero-order chi connectivity index (χ0) is 15.4. The summed E-state index contributed by atoms with van der Waals surface area (Å²) < 4.78 is 0. The van der Waals surface area contributed by atoms with Crippen LogP contribution in [0.15, 0.2) is 0 Å². The number of nitrogens with zero attached hydrogens (tertiary/aromatic N) is 1. The monoisotopic (exact) mass is 294 g/mol. The summed E-state index contributed by atoms with van der Waals surface area (Å²) in [4.78, 5) is 25.5. The minimum absolute atomic E-state index is 0.100. The van der Waals surface area contributed by atoms with Gasteiger partial charge in [-0.3, -0.25) is 9.59 Å². The molecule has 1 aliphatic heterocycles. The molecule has 2 aliphatic rings. The maximum absolute atomic E-state index is 12.3. The van der Waals surface area contributed by atoms with Crippen molar-refractivity contribution in [2.75, 3.05) is 13.1 Å². The molecule has 1 heterocycles. The second kappa shape index (κ2) is 7.28. The lowest BCUT2D eigenvalue weighted by atomic mass is 9.79. The topological polar surface area (TPSA) is 49.4 Å². The van der Waals surface area contributed by atoms with Crippen LogP contribution in [0, 0.1) is 17.8 Å². The van der Waals surface area contributed by atoms with Crippen LogP contribution in [0.3, 0.4) is 0 Å². The summed E-state index contributed by atoms with van der Waals surface area (Å²) in [6, 6.07) is 0.373. The van der Waals surface area contributed by atoms with Gasteiger partial charge in [0, 0.05) is 32.0 Å². The molecule has 0 radical (unpaired) electrons. The third-order valence-corrected chi connectivity index (χ3v) is 5.37. The molecule has 1 saturated heterocycles. The van der Waals surface area contributed by atoms with E-state index in [0.717, 1.165) is 50.6 Å². The second-order valence-corrected chi connectivity index (χ2v) is 7.14. The zero-order valence-corrected chi connectivity index (χ0v) is 13.7. The molecule has 1 N–H and O–H groups in total. The van der Waals surface area contributed by atoms with Crippen LogP contribution in [0.2, 0.25) is 0 Å². The van der Waals surface area contributed by atoms with Gasteiger partial charge in [-0.05, 0) is 50.4 Å². The molecular weight excluding hydrogens is 264 g/mol. The quantitative estimate of drug-likeness (QED) is 0.869. The molecule has 0 atom stereocenters. The number of nitrogens with one attached hydrogen (secondary N) is 1. The fraction of sp³-hybridized carbons (Fsp3) is 0.882. The Morgan fingerprint density at radius 2 is 1.57 bits per heavy atom. The van der Waals surface area contributed by atoms with E-state index in [4.69, 9.17) is 0 Å². The number of hydrogen-bond donors (Lipinski definition) is 1. The van der Waals surface area contributed by atoms with Crippen LogP contribution in [0.25, 0.3) is 0 Å². The Hall–Kier alpha value is -1.06. The number of likely N-dealkylation sites (tertiary alicyclic amines) is 1. The Labute approximate surface area is 128 Å². The summed E-state index contributed by atoms with van der Waals surface area (Å²) >= 11 is 0. The second-order valence-electron chi connectivity index (χ2n) is 7.14. The Balaban J connectivity index is 1.72. The van der Waals surface area contributed by atoms with Gasteiger partial charge in [0.15, 0.2) is 0 Å². The van der Waals surface area contributed by atoms with E-state index in [-0.39, 0.29) is 17.7 Å². The van der Waals surface area contributed by atoms with E-state index in [1.54, 1.807) is 6.92 Å². The van der Waals surface area contributed by atoms with E-state index in [2.05, 4.69) is 19.2 Å². The molecule has 0 aromatic carbocycles. The predicted octanol–water partition coefficient (Wildman–Crippen LogP) is 2.58. The highest BCUT2D eigenvalue weighted by Gasteiger charge is 2.29. The highest BCUT2D eigenvalue weighted by molar-refractivity contribution is 5.79. The maximum Gasteiger partial charge on any atom is 0.223 e. The molecule has 1 saturated carbocycles. The standard InChI is InChI=1S/C17H30N2O2/c1-12(2)14-4-6-16(7-5-14)18-17(21)15-8-10-19(11-9-15)13(3)20/h12,14-16H,4-11H2,1-3H3,(H,18,21)/t14-,16-. The summed E-state index contributed by atoms with van der Waals surface area (Å²) in [7, 11) is 0. The van der Waals surface area contributed by atoms with Crippen molar-refractivity contribution < 1.29 is 9.59 Å². The van der Waals surface area contributed by atoms with Gasteiger partial charge in [0.25, 0.3) is 0 Å². The van der Waals surface area contributed by atoms with E-state index in [0.29, 0.717) is 6.04 Å². The number of piperidine rings is 1. The zero-order valence-electron chi connectivity index (χ0n) is 13.7. The van der Waals surface area contributed by atoms with E-state index in [1.165, 1.54) is 12.8 Å². The molecule has 0 aromatic heterocycles. The first-order valence-electron chi connectivity index (χ1n) is 8.53. The third-order valence-electron chi connectivity index (χ3n) is 5.37. The molecular formula is C17H30N2O2. The van der Waals surface area contributed by atoms with Gasteiger partial charge in [0.05, 0.1) is 0 Å². The molecule has 2 rings (SSSR count). The number of carbonyl (C=O) groups is 2. The Morgan fingerprint density at radius 3 is 2.05 bits per heavy atom. The van der Waals surface area contributed by atoms with Gasteiger partial charge in [-0.2, -0.15) is 0 Å². The Kier molecular flexibility index (Phi) is 5.65. The van der Waals surface area contributed by atoms with Crippen molar-refractivity contribution in [3.05, 3.63) is 0 Å². The lowest BCUT2D eigenvalue weighted by Gasteiger charge is -2.34. The predicted molar refractivity (Wildman–Crippen MR) is 83.7 cm³/mol. The van der Waals surface area contributed by atoms with Gasteiger partial charge in [-0.15, -0.1) is 0 Å². The van der Waals surface area contributed by atoms with Gasteiger partial charge < -0.3 is 10.2 Å². The van der Waals surface area contributed by atoms with Crippen molar-refractivity contribution in [3.8, 4) is 0 Å². The van der Waals surface area contributed by atoms with Gasteiger partial charge in [-0.1, -0.05) is 13.8 Å². The van der Waals surface area contributed by atoms with E-state index in [9.17, 15) is 9.59 Å². The maximum atomic E-state index is 12.3. The van der Waals surface area contributed by atoms with Crippen LogP contribution in [-0.4, -0.2) is 35.8 Å². The molecule has 2 amide bonds. The van der Waals surface area contributed by atoms with E-state index in [1.807, 2.05) is 4.90 Å². The molecule has 4 nitrogen and oxygen atoms in total. The number of rotatable bonds is 3. The largest absolute Gasteiger partial charge is 0.353 e. The van der Waals surface area contributed by atoms with Crippen molar-refractivity contribution in [1.29, 1.82) is 0 Å². The lowest BCUT2D eigenvalue weighted by Crippen LogP contribution is -2.45. The van der Waals surface area contributed by atoms with Crippen molar-refractivity contribution in [1.82, 2.24) is 10.2 Å².